The van der Waals surface area contributed by atoms with Crippen LogP contribution in [0.15, 0.2) is 46.9 Å². The van der Waals surface area contributed by atoms with E-state index in [1.807, 2.05) is 50.3 Å². The van der Waals surface area contributed by atoms with Gasteiger partial charge in [-0.3, -0.25) is 0 Å². The number of esters is 1. The van der Waals surface area contributed by atoms with Crippen LogP contribution in [0.1, 0.15) is 41.8 Å². The molecule has 2 rings (SSSR count). The first-order chi connectivity index (χ1) is 10.2. The maximum absolute atomic E-state index is 11.4. The summed E-state index contributed by atoms with van der Waals surface area (Å²) in [6.45, 7) is 3.82. The number of carbonyl (C=O) groups excluding carboxylic acids is 1. The number of furan rings is 1. The first kappa shape index (κ1) is 14.9. The molecule has 0 N–H and O–H groups in total. The highest BCUT2D eigenvalue weighted by molar-refractivity contribution is 5.86. The van der Waals surface area contributed by atoms with E-state index in [0.29, 0.717) is 5.76 Å². The SMILES string of the molecule is CC=Cc1ccccc1OC(C)c1ccc(C(=O)OC)o1. The van der Waals surface area contributed by atoms with Crippen molar-refractivity contribution in [2.24, 2.45) is 0 Å². The second-order valence-electron chi connectivity index (χ2n) is 4.49. The van der Waals surface area contributed by atoms with E-state index >= 15 is 0 Å². The van der Waals surface area contributed by atoms with Crippen molar-refractivity contribution in [2.75, 3.05) is 7.11 Å². The molecule has 0 spiro atoms. The smallest absolute Gasteiger partial charge is 0.373 e. The van der Waals surface area contributed by atoms with Crippen molar-refractivity contribution in [3.05, 3.63) is 59.6 Å². The van der Waals surface area contributed by atoms with E-state index in [-0.39, 0.29) is 11.9 Å². The molecule has 0 aliphatic rings. The molecule has 21 heavy (non-hydrogen) atoms. The normalized spacial score (nSPS) is 12.3. The monoisotopic (exact) mass is 286 g/mol. The highest BCUT2D eigenvalue weighted by Gasteiger charge is 2.17. The van der Waals surface area contributed by atoms with Gasteiger partial charge in [-0.2, -0.15) is 0 Å². The van der Waals surface area contributed by atoms with Gasteiger partial charge in [-0.1, -0.05) is 30.4 Å². The summed E-state index contributed by atoms with van der Waals surface area (Å²) in [5.41, 5.74) is 0.992. The summed E-state index contributed by atoms with van der Waals surface area (Å²) in [7, 11) is 1.32. The minimum atomic E-state index is -0.497. The summed E-state index contributed by atoms with van der Waals surface area (Å²) in [4.78, 5) is 11.4. The zero-order valence-corrected chi connectivity index (χ0v) is 12.3. The maximum Gasteiger partial charge on any atom is 0.373 e. The Morgan fingerprint density at radius 3 is 2.71 bits per heavy atom. The number of hydrogen-bond acceptors (Lipinski definition) is 4. The van der Waals surface area contributed by atoms with Gasteiger partial charge in [-0.15, -0.1) is 0 Å². The van der Waals surface area contributed by atoms with Crippen molar-refractivity contribution >= 4 is 12.0 Å². The van der Waals surface area contributed by atoms with E-state index < -0.39 is 5.97 Å². The summed E-state index contributed by atoms with van der Waals surface area (Å²) in [5, 5.41) is 0. The van der Waals surface area contributed by atoms with E-state index in [2.05, 4.69) is 4.74 Å². The maximum atomic E-state index is 11.4. The molecule has 0 saturated carbocycles. The first-order valence-electron chi connectivity index (χ1n) is 6.72. The lowest BCUT2D eigenvalue weighted by Crippen LogP contribution is -2.03. The second kappa shape index (κ2) is 6.79. The lowest BCUT2D eigenvalue weighted by atomic mass is 10.2. The van der Waals surface area contributed by atoms with Crippen molar-refractivity contribution in [3.8, 4) is 5.75 Å². The zero-order valence-electron chi connectivity index (χ0n) is 12.3. The average Bonchev–Trinajstić information content (AvgIpc) is 2.98. The van der Waals surface area contributed by atoms with E-state index in [1.165, 1.54) is 7.11 Å². The van der Waals surface area contributed by atoms with Crippen LogP contribution in [-0.4, -0.2) is 13.1 Å². The molecule has 110 valence electrons. The predicted molar refractivity (Wildman–Crippen MR) is 80.2 cm³/mol. The van der Waals surface area contributed by atoms with Gasteiger partial charge in [0.1, 0.15) is 11.5 Å². The van der Waals surface area contributed by atoms with Crippen molar-refractivity contribution < 1.29 is 18.7 Å². The Labute approximate surface area is 124 Å². The third-order valence-corrected chi connectivity index (χ3v) is 2.98. The quantitative estimate of drug-likeness (QED) is 0.771. The Morgan fingerprint density at radius 2 is 2.00 bits per heavy atom. The number of ether oxygens (including phenoxy) is 2. The highest BCUT2D eigenvalue weighted by Crippen LogP contribution is 2.27. The first-order valence-corrected chi connectivity index (χ1v) is 6.72. The molecule has 0 radical (unpaired) electrons. The number of carbonyl (C=O) groups is 1. The fraction of sp³-hybridized carbons (Fsp3) is 0.235. The third kappa shape index (κ3) is 3.54. The summed E-state index contributed by atoms with van der Waals surface area (Å²) < 4.78 is 16.0. The van der Waals surface area contributed by atoms with E-state index in [0.717, 1.165) is 11.3 Å². The standard InChI is InChI=1S/C17H18O4/c1-4-7-13-8-5-6-9-15(13)20-12(2)14-10-11-16(21-14)17(18)19-3/h4-12H,1-3H3. The molecule has 0 fully saturated rings. The fourth-order valence-corrected chi connectivity index (χ4v) is 1.94. The topological polar surface area (TPSA) is 48.7 Å². The molecule has 0 bridgehead atoms. The summed E-state index contributed by atoms with van der Waals surface area (Å²) in [5.74, 6) is 1.01. The minimum absolute atomic E-state index is 0.171. The van der Waals surface area contributed by atoms with Gasteiger partial charge in [0.2, 0.25) is 5.76 Å². The Kier molecular flexibility index (Phi) is 4.82. The molecule has 2 aromatic rings. The number of para-hydroxylation sites is 1. The van der Waals surface area contributed by atoms with Crippen LogP contribution in [-0.2, 0) is 4.74 Å². The summed E-state index contributed by atoms with van der Waals surface area (Å²) in [6, 6.07) is 11.0. The molecular formula is C17H18O4. The number of rotatable bonds is 5. The molecule has 4 heteroatoms. The molecule has 1 atom stereocenters. The van der Waals surface area contributed by atoms with Crippen LogP contribution in [0.5, 0.6) is 5.75 Å². The molecule has 0 saturated heterocycles. The largest absolute Gasteiger partial charge is 0.482 e. The third-order valence-electron chi connectivity index (χ3n) is 2.98. The van der Waals surface area contributed by atoms with Gasteiger partial charge in [0.15, 0.2) is 6.10 Å². The molecule has 1 aromatic heterocycles. The van der Waals surface area contributed by atoms with Gasteiger partial charge >= 0.3 is 5.97 Å². The second-order valence-corrected chi connectivity index (χ2v) is 4.49. The van der Waals surface area contributed by atoms with E-state index in [9.17, 15) is 4.79 Å². The molecule has 0 aliphatic heterocycles. The van der Waals surface area contributed by atoms with Crippen molar-refractivity contribution in [3.63, 3.8) is 0 Å². The van der Waals surface area contributed by atoms with Gasteiger partial charge in [-0.25, -0.2) is 4.79 Å². The molecule has 0 amide bonds. The van der Waals surface area contributed by atoms with Crippen LogP contribution in [0.3, 0.4) is 0 Å². The molecule has 1 heterocycles. The predicted octanol–water partition coefficient (Wildman–Crippen LogP) is 4.24. The van der Waals surface area contributed by atoms with E-state index in [4.69, 9.17) is 9.15 Å². The van der Waals surface area contributed by atoms with Gasteiger partial charge in [0, 0.05) is 5.56 Å². The molecule has 0 aliphatic carbocycles. The van der Waals surface area contributed by atoms with Crippen molar-refractivity contribution in [1.82, 2.24) is 0 Å². The van der Waals surface area contributed by atoms with Crippen LogP contribution < -0.4 is 4.74 Å². The fourth-order valence-electron chi connectivity index (χ4n) is 1.94. The average molecular weight is 286 g/mol. The lowest BCUT2D eigenvalue weighted by Gasteiger charge is -2.14. The van der Waals surface area contributed by atoms with Gasteiger partial charge in [-0.05, 0) is 32.0 Å². The van der Waals surface area contributed by atoms with Gasteiger partial charge in [0.05, 0.1) is 7.11 Å². The summed E-state index contributed by atoms with van der Waals surface area (Å²) >= 11 is 0. The molecule has 1 aromatic carbocycles. The lowest BCUT2D eigenvalue weighted by molar-refractivity contribution is 0.0558. The molecular weight excluding hydrogens is 268 g/mol. The Hall–Kier alpha value is -2.49. The summed E-state index contributed by atoms with van der Waals surface area (Å²) in [6.07, 6.45) is 3.62. The molecule has 1 unspecified atom stereocenters. The van der Waals surface area contributed by atoms with Crippen LogP contribution in [0.25, 0.3) is 6.08 Å². The van der Waals surface area contributed by atoms with Crippen LogP contribution in [0.4, 0.5) is 0 Å². The zero-order chi connectivity index (χ0) is 15.2. The Morgan fingerprint density at radius 1 is 1.24 bits per heavy atom. The van der Waals surface area contributed by atoms with Gasteiger partial charge in [0.25, 0.3) is 0 Å². The number of benzene rings is 1. The minimum Gasteiger partial charge on any atom is -0.482 e. The Bertz CT molecular complexity index is 640. The van der Waals surface area contributed by atoms with Crippen LogP contribution >= 0.6 is 0 Å². The molecule has 4 nitrogen and oxygen atoms in total. The van der Waals surface area contributed by atoms with Crippen molar-refractivity contribution in [2.45, 2.75) is 20.0 Å². The Balaban J connectivity index is 2.16. The van der Waals surface area contributed by atoms with Crippen LogP contribution in [0, 0.1) is 0 Å². The number of methoxy groups -OCH3 is 1. The van der Waals surface area contributed by atoms with Crippen molar-refractivity contribution in [1.29, 1.82) is 0 Å². The number of hydrogen-bond donors (Lipinski definition) is 0. The van der Waals surface area contributed by atoms with Gasteiger partial charge < -0.3 is 13.9 Å². The van der Waals surface area contributed by atoms with Crippen LogP contribution in [0.2, 0.25) is 0 Å². The number of allylic oxidation sites excluding steroid dienone is 1. The highest BCUT2D eigenvalue weighted by atomic mass is 16.5. The van der Waals surface area contributed by atoms with E-state index in [1.54, 1.807) is 12.1 Å².